The van der Waals surface area contributed by atoms with Gasteiger partial charge in [-0.25, -0.2) is 4.98 Å². The number of imidazole rings is 1. The average molecular weight is 361 g/mol. The van der Waals surface area contributed by atoms with Gasteiger partial charge in [0.05, 0.1) is 17.9 Å². The van der Waals surface area contributed by atoms with Crippen LogP contribution in [0.1, 0.15) is 27.4 Å². The summed E-state index contributed by atoms with van der Waals surface area (Å²) in [5, 5.41) is 9.73. The molecular formula is C20H19N5O2. The first kappa shape index (κ1) is 16.8. The second-order valence-electron chi connectivity index (χ2n) is 6.22. The summed E-state index contributed by atoms with van der Waals surface area (Å²) in [6.45, 7) is 2.66. The number of para-hydroxylation sites is 1. The Morgan fingerprint density at radius 3 is 2.89 bits per heavy atom. The Labute approximate surface area is 156 Å². The number of carbonyl (C=O) groups is 1. The summed E-state index contributed by atoms with van der Waals surface area (Å²) in [5.74, 6) is 0.506. The lowest BCUT2D eigenvalue weighted by molar-refractivity contribution is 0.0945. The van der Waals surface area contributed by atoms with E-state index in [9.17, 15) is 4.79 Å². The van der Waals surface area contributed by atoms with Crippen molar-refractivity contribution in [3.63, 3.8) is 0 Å². The van der Waals surface area contributed by atoms with Crippen molar-refractivity contribution in [3.05, 3.63) is 83.6 Å². The molecule has 3 aromatic heterocycles. The Hall–Kier alpha value is -3.61. The molecule has 27 heavy (non-hydrogen) atoms. The van der Waals surface area contributed by atoms with Crippen molar-refractivity contribution in [3.8, 4) is 5.75 Å². The molecule has 0 radical (unpaired) electrons. The van der Waals surface area contributed by atoms with Gasteiger partial charge in [-0.1, -0.05) is 24.3 Å². The van der Waals surface area contributed by atoms with Crippen molar-refractivity contribution in [2.45, 2.75) is 20.1 Å². The molecular weight excluding hydrogens is 342 g/mol. The predicted molar refractivity (Wildman–Crippen MR) is 100 cm³/mol. The summed E-state index contributed by atoms with van der Waals surface area (Å²) in [6, 6.07) is 15.1. The van der Waals surface area contributed by atoms with Gasteiger partial charge in [-0.15, -0.1) is 0 Å². The van der Waals surface area contributed by atoms with Gasteiger partial charge in [0.25, 0.3) is 5.91 Å². The van der Waals surface area contributed by atoms with Crippen molar-refractivity contribution < 1.29 is 9.53 Å². The number of amides is 1. The van der Waals surface area contributed by atoms with Gasteiger partial charge < -0.3 is 14.5 Å². The predicted octanol–water partition coefficient (Wildman–Crippen LogP) is 2.87. The lowest BCUT2D eigenvalue weighted by atomic mass is 10.3. The van der Waals surface area contributed by atoms with E-state index in [-0.39, 0.29) is 5.91 Å². The molecule has 0 aliphatic rings. The number of ether oxygens (including phenoxy) is 1. The van der Waals surface area contributed by atoms with Gasteiger partial charge in [0.2, 0.25) is 0 Å². The van der Waals surface area contributed by atoms with E-state index in [2.05, 4.69) is 20.5 Å². The SMILES string of the molecule is Cc1cccn2cc(CNC(=O)c3cc(COc4ccccc4)[nH]n3)nc12. The summed E-state index contributed by atoms with van der Waals surface area (Å²) in [5.41, 5.74) is 3.82. The van der Waals surface area contributed by atoms with E-state index in [1.807, 2.05) is 66.2 Å². The Morgan fingerprint density at radius 1 is 1.22 bits per heavy atom. The Balaban J connectivity index is 1.35. The van der Waals surface area contributed by atoms with Crippen LogP contribution in [0.2, 0.25) is 0 Å². The lowest BCUT2D eigenvalue weighted by Gasteiger charge is -2.03. The normalized spacial score (nSPS) is 10.9. The molecule has 1 aromatic carbocycles. The molecule has 0 saturated carbocycles. The quantitative estimate of drug-likeness (QED) is 0.553. The zero-order valence-corrected chi connectivity index (χ0v) is 14.8. The van der Waals surface area contributed by atoms with E-state index in [0.717, 1.165) is 28.3 Å². The first-order valence-electron chi connectivity index (χ1n) is 8.62. The van der Waals surface area contributed by atoms with Crippen LogP contribution in [-0.4, -0.2) is 25.5 Å². The molecule has 7 nitrogen and oxygen atoms in total. The van der Waals surface area contributed by atoms with E-state index in [1.54, 1.807) is 6.07 Å². The fraction of sp³-hybridized carbons (Fsp3) is 0.150. The molecule has 136 valence electrons. The minimum atomic E-state index is -0.258. The summed E-state index contributed by atoms with van der Waals surface area (Å²) >= 11 is 0. The van der Waals surface area contributed by atoms with Crippen molar-refractivity contribution in [1.82, 2.24) is 24.9 Å². The molecule has 0 fully saturated rings. The van der Waals surface area contributed by atoms with Gasteiger partial charge in [0.15, 0.2) is 0 Å². The van der Waals surface area contributed by atoms with Crippen LogP contribution >= 0.6 is 0 Å². The third-order valence-electron chi connectivity index (χ3n) is 4.16. The number of H-pyrrole nitrogens is 1. The largest absolute Gasteiger partial charge is 0.487 e. The molecule has 0 aliphatic heterocycles. The van der Waals surface area contributed by atoms with Gasteiger partial charge >= 0.3 is 0 Å². The van der Waals surface area contributed by atoms with E-state index >= 15 is 0 Å². The van der Waals surface area contributed by atoms with E-state index in [0.29, 0.717) is 18.8 Å². The molecule has 1 amide bonds. The summed E-state index contributed by atoms with van der Waals surface area (Å²) < 4.78 is 7.59. The lowest BCUT2D eigenvalue weighted by Crippen LogP contribution is -2.23. The van der Waals surface area contributed by atoms with Crippen LogP contribution in [0.25, 0.3) is 5.65 Å². The van der Waals surface area contributed by atoms with Crippen LogP contribution in [0.5, 0.6) is 5.75 Å². The fourth-order valence-corrected chi connectivity index (χ4v) is 2.78. The third kappa shape index (κ3) is 3.82. The number of aromatic amines is 1. The number of fused-ring (bicyclic) bond motifs is 1. The highest BCUT2D eigenvalue weighted by Crippen LogP contribution is 2.12. The number of nitrogens with zero attached hydrogens (tertiary/aromatic N) is 3. The number of hydrogen-bond acceptors (Lipinski definition) is 4. The summed E-state index contributed by atoms with van der Waals surface area (Å²) in [4.78, 5) is 16.9. The van der Waals surface area contributed by atoms with Crippen LogP contribution in [0.15, 0.2) is 60.9 Å². The minimum absolute atomic E-state index is 0.258. The zero-order valence-electron chi connectivity index (χ0n) is 14.8. The highest BCUT2D eigenvalue weighted by atomic mass is 16.5. The van der Waals surface area contributed by atoms with Crippen LogP contribution in [0.3, 0.4) is 0 Å². The Morgan fingerprint density at radius 2 is 2.07 bits per heavy atom. The highest BCUT2D eigenvalue weighted by molar-refractivity contribution is 5.92. The fourth-order valence-electron chi connectivity index (χ4n) is 2.78. The number of carbonyl (C=O) groups excluding carboxylic acids is 1. The van der Waals surface area contributed by atoms with Crippen molar-refractivity contribution in [2.75, 3.05) is 0 Å². The smallest absolute Gasteiger partial charge is 0.272 e. The first-order chi connectivity index (χ1) is 13.2. The second kappa shape index (κ2) is 7.33. The van der Waals surface area contributed by atoms with Gasteiger partial charge in [0, 0.05) is 12.4 Å². The number of aryl methyl sites for hydroxylation is 1. The van der Waals surface area contributed by atoms with Crippen molar-refractivity contribution in [2.24, 2.45) is 0 Å². The monoisotopic (exact) mass is 361 g/mol. The molecule has 0 bridgehead atoms. The van der Waals surface area contributed by atoms with Crippen molar-refractivity contribution in [1.29, 1.82) is 0 Å². The summed E-state index contributed by atoms with van der Waals surface area (Å²) in [7, 11) is 0. The molecule has 3 heterocycles. The van der Waals surface area contributed by atoms with Crippen molar-refractivity contribution >= 4 is 11.6 Å². The Kier molecular flexibility index (Phi) is 4.57. The van der Waals surface area contributed by atoms with Gasteiger partial charge in [-0.05, 0) is 36.8 Å². The average Bonchev–Trinajstić information content (AvgIpc) is 3.33. The molecule has 7 heteroatoms. The topological polar surface area (TPSA) is 84.3 Å². The molecule has 4 aromatic rings. The highest BCUT2D eigenvalue weighted by Gasteiger charge is 2.12. The zero-order chi connectivity index (χ0) is 18.6. The Bertz CT molecular complexity index is 1070. The molecule has 2 N–H and O–H groups in total. The molecule has 0 spiro atoms. The van der Waals surface area contributed by atoms with Crippen LogP contribution in [0, 0.1) is 6.92 Å². The summed E-state index contributed by atoms with van der Waals surface area (Å²) in [6.07, 6.45) is 3.85. The minimum Gasteiger partial charge on any atom is -0.487 e. The van der Waals surface area contributed by atoms with Gasteiger partial charge in [0.1, 0.15) is 23.7 Å². The molecule has 0 unspecified atom stereocenters. The van der Waals surface area contributed by atoms with E-state index in [4.69, 9.17) is 4.74 Å². The van der Waals surface area contributed by atoms with Crippen LogP contribution < -0.4 is 10.1 Å². The van der Waals surface area contributed by atoms with E-state index in [1.165, 1.54) is 0 Å². The first-order valence-corrected chi connectivity index (χ1v) is 8.62. The number of pyridine rings is 1. The number of hydrogen-bond donors (Lipinski definition) is 2. The molecule has 0 saturated heterocycles. The van der Waals surface area contributed by atoms with Crippen LogP contribution in [0.4, 0.5) is 0 Å². The standard InChI is InChI=1S/C20H19N5O2/c1-14-6-5-9-25-12-16(22-19(14)25)11-21-20(26)18-10-15(23-24-18)13-27-17-7-3-2-4-8-17/h2-10,12H,11,13H2,1H3,(H,21,26)(H,23,24). The number of rotatable bonds is 6. The molecule has 0 aliphatic carbocycles. The number of benzene rings is 1. The molecule has 0 atom stereocenters. The number of nitrogens with one attached hydrogen (secondary N) is 2. The number of aromatic nitrogens is 4. The maximum absolute atomic E-state index is 12.3. The van der Waals surface area contributed by atoms with E-state index < -0.39 is 0 Å². The molecule has 4 rings (SSSR count). The maximum atomic E-state index is 12.3. The maximum Gasteiger partial charge on any atom is 0.272 e. The van der Waals surface area contributed by atoms with Crippen LogP contribution in [-0.2, 0) is 13.2 Å². The van der Waals surface area contributed by atoms with Gasteiger partial charge in [-0.2, -0.15) is 5.10 Å². The third-order valence-corrected chi connectivity index (χ3v) is 4.16. The second-order valence-corrected chi connectivity index (χ2v) is 6.22. The van der Waals surface area contributed by atoms with Gasteiger partial charge in [-0.3, -0.25) is 9.89 Å².